The molecule has 0 aromatic heterocycles. The summed E-state index contributed by atoms with van der Waals surface area (Å²) in [7, 11) is 0. The Morgan fingerprint density at radius 2 is 2.00 bits per heavy atom. The van der Waals surface area contributed by atoms with Crippen molar-refractivity contribution in [3.63, 3.8) is 0 Å². The van der Waals surface area contributed by atoms with E-state index in [1.54, 1.807) is 12.1 Å². The van der Waals surface area contributed by atoms with Gasteiger partial charge in [0, 0.05) is 16.6 Å². The van der Waals surface area contributed by atoms with Crippen molar-refractivity contribution in [1.29, 1.82) is 0 Å². The fourth-order valence-corrected chi connectivity index (χ4v) is 3.01. The summed E-state index contributed by atoms with van der Waals surface area (Å²) >= 11 is 3.20. The zero-order valence-corrected chi connectivity index (χ0v) is 13.5. The first-order chi connectivity index (χ1) is 9.02. The zero-order chi connectivity index (χ0) is 13.9. The molecule has 20 heavy (non-hydrogen) atoms. The molecule has 3 N–H and O–H groups in total. The van der Waals surface area contributed by atoms with Crippen molar-refractivity contribution >= 4 is 34.2 Å². The maximum atomic E-state index is 13.6. The highest BCUT2D eigenvalue weighted by Crippen LogP contribution is 2.25. The molecule has 112 valence electrons. The van der Waals surface area contributed by atoms with Crippen LogP contribution in [0.5, 0.6) is 0 Å². The van der Waals surface area contributed by atoms with Crippen LogP contribution in [-0.4, -0.2) is 18.0 Å². The van der Waals surface area contributed by atoms with Gasteiger partial charge >= 0.3 is 0 Å². The quantitative estimate of drug-likeness (QED) is 0.862. The predicted molar refractivity (Wildman–Crippen MR) is 83.7 cm³/mol. The Hall–Kier alpha value is -0.650. The number of halogens is 3. The summed E-state index contributed by atoms with van der Waals surface area (Å²) in [6.45, 7) is 0.395. The van der Waals surface area contributed by atoms with E-state index < -0.39 is 11.7 Å². The summed E-state index contributed by atoms with van der Waals surface area (Å²) in [5.74, 6) is -0.943. The molecule has 1 aromatic carbocycles. The zero-order valence-electron chi connectivity index (χ0n) is 11.1. The molecule has 1 aliphatic rings. The van der Waals surface area contributed by atoms with Gasteiger partial charge in [0.15, 0.2) is 0 Å². The fraction of sp³-hybridized carbons (Fsp3) is 0.500. The maximum Gasteiger partial charge on any atom is 0.255 e. The Labute approximate surface area is 133 Å². The number of benzene rings is 1. The molecule has 3 nitrogen and oxygen atoms in total. The maximum absolute atomic E-state index is 13.6. The molecular weight excluding hydrogens is 347 g/mol. The number of hydrogen-bond acceptors (Lipinski definition) is 2. The molecule has 1 fully saturated rings. The number of carbonyl (C=O) groups is 1. The molecule has 0 atom stereocenters. The SMILES string of the molecule is Cl.NC1(CNC(=O)c2c(F)cccc2Br)CCCCC1. The Bertz CT molecular complexity index is 458. The normalized spacial score (nSPS) is 17.1. The lowest BCUT2D eigenvalue weighted by atomic mass is 9.82. The van der Waals surface area contributed by atoms with Gasteiger partial charge in [0.05, 0.1) is 5.56 Å². The molecule has 0 heterocycles. The fourth-order valence-electron chi connectivity index (χ4n) is 2.49. The van der Waals surface area contributed by atoms with Crippen LogP contribution >= 0.6 is 28.3 Å². The molecule has 1 aromatic rings. The minimum Gasteiger partial charge on any atom is -0.350 e. The van der Waals surface area contributed by atoms with E-state index in [0.29, 0.717) is 11.0 Å². The van der Waals surface area contributed by atoms with Crippen molar-refractivity contribution in [2.45, 2.75) is 37.6 Å². The summed E-state index contributed by atoms with van der Waals surface area (Å²) in [4.78, 5) is 12.0. The lowest BCUT2D eigenvalue weighted by molar-refractivity contribution is 0.0933. The monoisotopic (exact) mass is 364 g/mol. The highest BCUT2D eigenvalue weighted by Gasteiger charge is 2.28. The predicted octanol–water partition coefficient (Wildman–Crippen LogP) is 3.40. The number of nitrogens with two attached hydrogens (primary N) is 1. The van der Waals surface area contributed by atoms with Crippen LogP contribution in [0.1, 0.15) is 42.5 Å². The third-order valence-electron chi connectivity index (χ3n) is 3.64. The molecule has 1 saturated carbocycles. The molecule has 0 bridgehead atoms. The van der Waals surface area contributed by atoms with E-state index in [-0.39, 0.29) is 23.5 Å². The minimum atomic E-state index is -0.526. The molecule has 0 aliphatic heterocycles. The van der Waals surface area contributed by atoms with Gasteiger partial charge in [-0.25, -0.2) is 4.39 Å². The van der Waals surface area contributed by atoms with Gasteiger partial charge in [0.25, 0.3) is 5.91 Å². The van der Waals surface area contributed by atoms with Crippen molar-refractivity contribution < 1.29 is 9.18 Å². The summed E-state index contributed by atoms with van der Waals surface area (Å²) in [6, 6.07) is 4.48. The number of hydrogen-bond donors (Lipinski definition) is 2. The van der Waals surface area contributed by atoms with E-state index in [0.717, 1.165) is 25.7 Å². The van der Waals surface area contributed by atoms with Crippen molar-refractivity contribution in [2.24, 2.45) is 5.73 Å². The standard InChI is InChI=1S/C14H18BrFN2O.ClH/c15-10-5-4-6-11(16)12(10)13(19)18-9-14(17)7-2-1-3-8-14;/h4-6H,1-3,7-9,17H2,(H,18,19);1H. The largest absolute Gasteiger partial charge is 0.350 e. The van der Waals surface area contributed by atoms with Crippen LogP contribution in [0.25, 0.3) is 0 Å². The van der Waals surface area contributed by atoms with Gasteiger partial charge in [-0.05, 0) is 40.9 Å². The Kier molecular flexibility index (Phi) is 6.43. The molecule has 0 saturated heterocycles. The van der Waals surface area contributed by atoms with Crippen molar-refractivity contribution in [1.82, 2.24) is 5.32 Å². The number of carbonyl (C=O) groups excluding carboxylic acids is 1. The molecule has 2 rings (SSSR count). The Morgan fingerprint density at radius 1 is 1.35 bits per heavy atom. The van der Waals surface area contributed by atoms with Gasteiger partial charge in [0.1, 0.15) is 5.82 Å². The average Bonchev–Trinajstić information content (AvgIpc) is 2.37. The minimum absolute atomic E-state index is 0. The van der Waals surface area contributed by atoms with Gasteiger partial charge in [0.2, 0.25) is 0 Å². The molecule has 0 unspecified atom stereocenters. The topological polar surface area (TPSA) is 55.1 Å². The molecule has 1 aliphatic carbocycles. The van der Waals surface area contributed by atoms with E-state index in [1.165, 1.54) is 12.5 Å². The smallest absolute Gasteiger partial charge is 0.255 e. The van der Waals surface area contributed by atoms with E-state index in [9.17, 15) is 9.18 Å². The Balaban J connectivity index is 0.00000200. The van der Waals surface area contributed by atoms with E-state index in [1.807, 2.05) is 0 Å². The molecule has 0 radical (unpaired) electrons. The van der Waals surface area contributed by atoms with Crippen molar-refractivity contribution in [3.8, 4) is 0 Å². The van der Waals surface area contributed by atoms with E-state index in [4.69, 9.17) is 5.73 Å². The summed E-state index contributed by atoms with van der Waals surface area (Å²) in [6.07, 6.45) is 5.20. The van der Waals surface area contributed by atoms with Crippen LogP contribution in [0.3, 0.4) is 0 Å². The third kappa shape index (κ3) is 4.17. The summed E-state index contributed by atoms with van der Waals surface area (Å²) < 4.78 is 14.1. The van der Waals surface area contributed by atoms with E-state index >= 15 is 0 Å². The van der Waals surface area contributed by atoms with Crippen LogP contribution in [0.4, 0.5) is 4.39 Å². The van der Waals surface area contributed by atoms with Gasteiger partial charge < -0.3 is 11.1 Å². The lowest BCUT2D eigenvalue weighted by Gasteiger charge is -2.33. The first-order valence-electron chi connectivity index (χ1n) is 6.53. The number of amides is 1. The highest BCUT2D eigenvalue weighted by atomic mass is 79.9. The van der Waals surface area contributed by atoms with Gasteiger partial charge in [-0.15, -0.1) is 12.4 Å². The van der Waals surface area contributed by atoms with Crippen LogP contribution in [-0.2, 0) is 0 Å². The van der Waals surface area contributed by atoms with Crippen molar-refractivity contribution in [2.75, 3.05) is 6.54 Å². The summed E-state index contributed by atoms with van der Waals surface area (Å²) in [5, 5.41) is 2.76. The van der Waals surface area contributed by atoms with E-state index in [2.05, 4.69) is 21.2 Å². The van der Waals surface area contributed by atoms with Crippen LogP contribution < -0.4 is 11.1 Å². The first-order valence-corrected chi connectivity index (χ1v) is 7.32. The molecular formula is C14H19BrClFN2O. The second-order valence-corrected chi connectivity index (χ2v) is 6.06. The molecule has 1 amide bonds. The number of rotatable bonds is 3. The van der Waals surface area contributed by atoms with Gasteiger partial charge in [-0.3, -0.25) is 4.79 Å². The van der Waals surface area contributed by atoms with Crippen LogP contribution in [0.15, 0.2) is 22.7 Å². The van der Waals surface area contributed by atoms with Crippen LogP contribution in [0.2, 0.25) is 0 Å². The lowest BCUT2D eigenvalue weighted by Crippen LogP contribution is -2.51. The third-order valence-corrected chi connectivity index (χ3v) is 4.30. The average molecular weight is 366 g/mol. The summed E-state index contributed by atoms with van der Waals surface area (Å²) in [5.41, 5.74) is 5.94. The van der Waals surface area contributed by atoms with Crippen molar-refractivity contribution in [3.05, 3.63) is 34.1 Å². The molecule has 6 heteroatoms. The second kappa shape index (κ2) is 7.38. The molecule has 0 spiro atoms. The van der Waals surface area contributed by atoms with Gasteiger partial charge in [-0.1, -0.05) is 25.3 Å². The second-order valence-electron chi connectivity index (χ2n) is 5.20. The van der Waals surface area contributed by atoms with Crippen LogP contribution in [0, 0.1) is 5.82 Å². The number of nitrogens with one attached hydrogen (secondary N) is 1. The highest BCUT2D eigenvalue weighted by molar-refractivity contribution is 9.10. The first kappa shape index (κ1) is 17.4. The Morgan fingerprint density at radius 3 is 2.60 bits per heavy atom. The van der Waals surface area contributed by atoms with Gasteiger partial charge in [-0.2, -0.15) is 0 Å².